The summed E-state index contributed by atoms with van der Waals surface area (Å²) in [6.45, 7) is 5.77. The maximum absolute atomic E-state index is 13.4. The Labute approximate surface area is 182 Å². The van der Waals surface area contributed by atoms with Crippen molar-refractivity contribution in [2.75, 3.05) is 18.0 Å². The van der Waals surface area contributed by atoms with E-state index < -0.39 is 0 Å². The highest BCUT2D eigenvalue weighted by Gasteiger charge is 2.39. The van der Waals surface area contributed by atoms with Crippen LogP contribution in [0.1, 0.15) is 47.4 Å². The molecule has 2 aromatic heterocycles. The predicted octanol–water partition coefficient (Wildman–Crippen LogP) is 4.02. The largest absolute Gasteiger partial charge is 0.444 e. The van der Waals surface area contributed by atoms with Gasteiger partial charge in [-0.15, -0.1) is 0 Å². The molecule has 0 spiro atoms. The summed E-state index contributed by atoms with van der Waals surface area (Å²) < 4.78 is 5.35. The third-order valence-electron chi connectivity index (χ3n) is 6.23. The molecule has 7 heteroatoms. The summed E-state index contributed by atoms with van der Waals surface area (Å²) in [5, 5.41) is 0. The van der Waals surface area contributed by atoms with Gasteiger partial charge in [0.15, 0.2) is 12.2 Å². The summed E-state index contributed by atoms with van der Waals surface area (Å²) in [6, 6.07) is 8.30. The molecule has 1 aliphatic carbocycles. The number of aryl methyl sites for hydroxylation is 2. The standard InChI is InChI=1S/C24H27N5O2/c1-16-13-26-17(2)23(27-16)28-11-9-21(10-12-28)29(20-7-8-20)24(30)19-5-3-18(4-6-19)22-14-25-15-31-22/h3-6,13-15,20-21H,7-12H2,1-2H3. The minimum absolute atomic E-state index is 0.136. The monoisotopic (exact) mass is 417 g/mol. The van der Waals surface area contributed by atoms with Gasteiger partial charge in [0.05, 0.1) is 17.6 Å². The number of aromatic nitrogens is 3. The van der Waals surface area contributed by atoms with Crippen LogP contribution in [0.4, 0.5) is 5.82 Å². The number of piperidine rings is 1. The zero-order chi connectivity index (χ0) is 21.4. The predicted molar refractivity (Wildman–Crippen MR) is 118 cm³/mol. The number of anilines is 1. The second-order valence-electron chi connectivity index (χ2n) is 8.53. The van der Waals surface area contributed by atoms with Gasteiger partial charge >= 0.3 is 0 Å². The topological polar surface area (TPSA) is 75.4 Å². The Morgan fingerprint density at radius 3 is 2.39 bits per heavy atom. The van der Waals surface area contributed by atoms with Gasteiger partial charge < -0.3 is 14.2 Å². The van der Waals surface area contributed by atoms with Crippen LogP contribution in [0.2, 0.25) is 0 Å². The summed E-state index contributed by atoms with van der Waals surface area (Å²) in [4.78, 5) is 31.0. The molecule has 0 N–H and O–H groups in total. The van der Waals surface area contributed by atoms with Gasteiger partial charge in [0, 0.05) is 42.5 Å². The summed E-state index contributed by atoms with van der Waals surface area (Å²) in [7, 11) is 0. The summed E-state index contributed by atoms with van der Waals surface area (Å²) in [5.41, 5.74) is 3.56. The first-order chi connectivity index (χ1) is 15.1. The minimum atomic E-state index is 0.136. The molecule has 31 heavy (non-hydrogen) atoms. The van der Waals surface area contributed by atoms with E-state index >= 15 is 0 Å². The SMILES string of the molecule is Cc1cnc(C)c(N2CCC(N(C(=O)c3ccc(-c4cnco4)cc3)C3CC3)CC2)n1. The molecule has 1 saturated carbocycles. The van der Waals surface area contributed by atoms with Crippen LogP contribution in [0.3, 0.4) is 0 Å². The Hall–Kier alpha value is -3.22. The molecular formula is C24H27N5O2. The van der Waals surface area contributed by atoms with Crippen LogP contribution in [0.25, 0.3) is 11.3 Å². The molecular weight excluding hydrogens is 390 g/mol. The van der Waals surface area contributed by atoms with Crippen LogP contribution in [0, 0.1) is 13.8 Å². The van der Waals surface area contributed by atoms with Crippen molar-refractivity contribution in [2.45, 2.75) is 51.6 Å². The van der Waals surface area contributed by atoms with Crippen molar-refractivity contribution in [1.29, 1.82) is 0 Å². The van der Waals surface area contributed by atoms with Crippen molar-refractivity contribution in [3.8, 4) is 11.3 Å². The lowest BCUT2D eigenvalue weighted by Gasteiger charge is -2.39. The van der Waals surface area contributed by atoms with Crippen LogP contribution < -0.4 is 4.90 Å². The number of rotatable bonds is 5. The van der Waals surface area contributed by atoms with E-state index in [-0.39, 0.29) is 11.9 Å². The molecule has 2 aliphatic rings. The molecule has 1 aromatic carbocycles. The Bertz CT molecular complexity index is 1050. The molecule has 1 aliphatic heterocycles. The molecule has 2 fully saturated rings. The zero-order valence-corrected chi connectivity index (χ0v) is 18.0. The molecule has 3 aromatic rings. The normalized spacial score (nSPS) is 17.0. The number of oxazole rings is 1. The molecule has 0 radical (unpaired) electrons. The Balaban J connectivity index is 1.29. The van der Waals surface area contributed by atoms with Gasteiger partial charge in [-0.3, -0.25) is 9.78 Å². The number of hydrogen-bond donors (Lipinski definition) is 0. The second-order valence-corrected chi connectivity index (χ2v) is 8.53. The van der Waals surface area contributed by atoms with E-state index in [4.69, 9.17) is 9.40 Å². The van der Waals surface area contributed by atoms with Crippen molar-refractivity contribution in [3.63, 3.8) is 0 Å². The quantitative estimate of drug-likeness (QED) is 0.624. The van der Waals surface area contributed by atoms with Crippen LogP contribution >= 0.6 is 0 Å². The highest BCUT2D eigenvalue weighted by Crippen LogP contribution is 2.34. The maximum atomic E-state index is 13.4. The van der Waals surface area contributed by atoms with E-state index in [1.807, 2.05) is 44.3 Å². The van der Waals surface area contributed by atoms with Crippen molar-refractivity contribution in [2.24, 2.45) is 0 Å². The van der Waals surface area contributed by atoms with E-state index in [1.165, 1.54) is 6.39 Å². The molecule has 0 unspecified atom stereocenters. The molecule has 5 rings (SSSR count). The first-order valence-electron chi connectivity index (χ1n) is 11.0. The zero-order valence-electron chi connectivity index (χ0n) is 18.0. The highest BCUT2D eigenvalue weighted by atomic mass is 16.3. The number of carbonyl (C=O) groups is 1. The lowest BCUT2D eigenvalue weighted by molar-refractivity contribution is 0.0630. The van der Waals surface area contributed by atoms with Gasteiger partial charge in [-0.05, 0) is 51.7 Å². The molecule has 1 amide bonds. The molecule has 7 nitrogen and oxygen atoms in total. The molecule has 0 bridgehead atoms. The lowest BCUT2D eigenvalue weighted by Crippen LogP contribution is -2.48. The van der Waals surface area contributed by atoms with Gasteiger partial charge in [0.1, 0.15) is 5.82 Å². The second kappa shape index (κ2) is 8.13. The van der Waals surface area contributed by atoms with E-state index in [2.05, 4.69) is 19.8 Å². The smallest absolute Gasteiger partial charge is 0.254 e. The van der Waals surface area contributed by atoms with Gasteiger partial charge in [-0.1, -0.05) is 12.1 Å². The molecule has 160 valence electrons. The van der Waals surface area contributed by atoms with Gasteiger partial charge in [0.2, 0.25) is 0 Å². The van der Waals surface area contributed by atoms with Crippen LogP contribution in [0.15, 0.2) is 47.5 Å². The van der Waals surface area contributed by atoms with Gasteiger partial charge in [-0.25, -0.2) is 9.97 Å². The fourth-order valence-corrected chi connectivity index (χ4v) is 4.45. The van der Waals surface area contributed by atoms with Crippen molar-refractivity contribution < 1.29 is 9.21 Å². The van der Waals surface area contributed by atoms with Crippen molar-refractivity contribution in [3.05, 3.63) is 60.0 Å². The average Bonchev–Trinajstić information content (AvgIpc) is 3.47. The third-order valence-corrected chi connectivity index (χ3v) is 6.23. The number of benzene rings is 1. The molecule has 1 saturated heterocycles. The highest BCUT2D eigenvalue weighted by molar-refractivity contribution is 5.95. The molecule has 3 heterocycles. The van der Waals surface area contributed by atoms with Crippen LogP contribution in [-0.4, -0.2) is 50.9 Å². The number of nitrogens with zero attached hydrogens (tertiary/aromatic N) is 5. The number of hydrogen-bond acceptors (Lipinski definition) is 6. The van der Waals surface area contributed by atoms with E-state index in [0.29, 0.717) is 11.8 Å². The van der Waals surface area contributed by atoms with Crippen molar-refractivity contribution in [1.82, 2.24) is 19.9 Å². The average molecular weight is 418 g/mol. The van der Waals surface area contributed by atoms with Gasteiger partial charge in [0.25, 0.3) is 5.91 Å². The first-order valence-corrected chi connectivity index (χ1v) is 11.0. The van der Waals surface area contributed by atoms with Crippen molar-refractivity contribution >= 4 is 11.7 Å². The third kappa shape index (κ3) is 4.04. The summed E-state index contributed by atoms with van der Waals surface area (Å²) in [6.07, 6.45) is 9.02. The Kier molecular flexibility index (Phi) is 5.18. The van der Waals surface area contributed by atoms with Crippen LogP contribution in [0.5, 0.6) is 0 Å². The van der Waals surface area contributed by atoms with Crippen LogP contribution in [-0.2, 0) is 0 Å². The fourth-order valence-electron chi connectivity index (χ4n) is 4.45. The summed E-state index contributed by atoms with van der Waals surface area (Å²) >= 11 is 0. The molecule has 0 atom stereocenters. The number of amides is 1. The first kappa shape index (κ1) is 19.7. The Morgan fingerprint density at radius 1 is 1.03 bits per heavy atom. The number of carbonyl (C=O) groups excluding carboxylic acids is 1. The minimum Gasteiger partial charge on any atom is -0.444 e. The fraction of sp³-hybridized carbons (Fsp3) is 0.417. The van der Waals surface area contributed by atoms with E-state index in [0.717, 1.165) is 67.1 Å². The lowest BCUT2D eigenvalue weighted by atomic mass is 10.0. The van der Waals surface area contributed by atoms with E-state index in [1.54, 1.807) is 6.20 Å². The maximum Gasteiger partial charge on any atom is 0.254 e. The summed E-state index contributed by atoms with van der Waals surface area (Å²) in [5.74, 6) is 1.82. The van der Waals surface area contributed by atoms with E-state index in [9.17, 15) is 4.79 Å². The Morgan fingerprint density at radius 2 is 1.74 bits per heavy atom. The van der Waals surface area contributed by atoms with Gasteiger partial charge in [-0.2, -0.15) is 0 Å².